The molecule has 3 nitrogen and oxygen atoms in total. The van der Waals surface area contributed by atoms with Crippen molar-refractivity contribution in [3.05, 3.63) is 30.9 Å². The van der Waals surface area contributed by atoms with E-state index in [1.807, 2.05) is 6.61 Å². The van der Waals surface area contributed by atoms with Crippen molar-refractivity contribution in [2.24, 2.45) is 11.8 Å². The summed E-state index contributed by atoms with van der Waals surface area (Å²) in [6.45, 7) is 7.38. The molecule has 0 spiro atoms. The van der Waals surface area contributed by atoms with Crippen molar-refractivity contribution in [2.75, 3.05) is 26.7 Å². The maximum absolute atomic E-state index is 6.03. The van der Waals surface area contributed by atoms with Crippen LogP contribution in [0.15, 0.2) is 29.2 Å². The minimum atomic E-state index is 0. The zero-order chi connectivity index (χ0) is 15.4. The van der Waals surface area contributed by atoms with Crippen LogP contribution in [-0.2, 0) is 4.74 Å². The number of ether oxygens (including phenoxy) is 2. The zero-order valence-corrected chi connectivity index (χ0v) is 21.6. The maximum Gasteiger partial charge on any atom is 1.00 e. The Balaban J connectivity index is 0.00000192. The quantitative estimate of drug-likeness (QED) is 0.622. The molecule has 1 unspecified atom stereocenters. The van der Waals surface area contributed by atoms with Crippen LogP contribution in [0, 0.1) is 18.4 Å². The molecule has 0 bridgehead atoms. The summed E-state index contributed by atoms with van der Waals surface area (Å²) >= 11 is 1.79. The number of hydrogen-bond acceptors (Lipinski definition) is 4. The summed E-state index contributed by atoms with van der Waals surface area (Å²) in [5.74, 6) is 2.24. The van der Waals surface area contributed by atoms with Gasteiger partial charge >= 0.3 is 68.9 Å². The van der Waals surface area contributed by atoms with Gasteiger partial charge in [0.1, 0.15) is 5.75 Å². The van der Waals surface area contributed by atoms with Crippen LogP contribution in [0.2, 0.25) is 0 Å². The van der Waals surface area contributed by atoms with Crippen LogP contribution in [0.25, 0.3) is 0 Å². The predicted molar refractivity (Wildman–Crippen MR) is 91.0 cm³/mol. The number of thioether (sulfide) groups is 1. The molecule has 0 N–H and O–H groups in total. The second-order valence-corrected chi connectivity index (χ2v) is 7.80. The minimum Gasteiger partial charge on any atom is -0.542 e. The van der Waals surface area contributed by atoms with Gasteiger partial charge in [0.25, 0.3) is 0 Å². The molecule has 2 aliphatic heterocycles. The summed E-state index contributed by atoms with van der Waals surface area (Å²) < 4.78 is 11.7. The van der Waals surface area contributed by atoms with Gasteiger partial charge in [-0.25, -0.2) is 6.61 Å². The number of benzene rings is 1. The number of likely N-dealkylation sites (tertiary alicyclic amines) is 1. The normalized spacial score (nSPS) is 26.0. The van der Waals surface area contributed by atoms with Crippen LogP contribution in [0.5, 0.6) is 5.75 Å². The van der Waals surface area contributed by atoms with Gasteiger partial charge in [0.05, 0.1) is 12.0 Å². The Morgan fingerprint density at radius 3 is 2.83 bits per heavy atom. The van der Waals surface area contributed by atoms with Gasteiger partial charge in [-0.1, -0.05) is 24.8 Å². The topological polar surface area (TPSA) is 21.7 Å². The summed E-state index contributed by atoms with van der Waals surface area (Å²) in [6.07, 6.45) is 3.58. The monoisotopic (exact) mass is 453 g/mol. The third-order valence-corrected chi connectivity index (χ3v) is 5.52. The average molecular weight is 453 g/mol. The zero-order valence-electron chi connectivity index (χ0n) is 14.5. The van der Waals surface area contributed by atoms with Gasteiger partial charge in [-0.2, -0.15) is 0 Å². The largest absolute Gasteiger partial charge is 1.00 e. The van der Waals surface area contributed by atoms with E-state index in [9.17, 15) is 0 Å². The Bertz CT molecular complexity index is 480. The molecule has 0 aromatic heterocycles. The van der Waals surface area contributed by atoms with Gasteiger partial charge in [0.2, 0.25) is 0 Å². The van der Waals surface area contributed by atoms with Crippen molar-refractivity contribution < 1.29 is 78.4 Å². The number of hydrogen-bond donors (Lipinski definition) is 0. The van der Waals surface area contributed by atoms with Crippen molar-refractivity contribution in [3.8, 4) is 5.75 Å². The second kappa shape index (κ2) is 10.5. The van der Waals surface area contributed by atoms with Crippen LogP contribution < -0.4 is 73.6 Å². The molecule has 2 aliphatic rings. The fraction of sp³-hybridized carbons (Fsp3) is 0.611. The Morgan fingerprint density at radius 2 is 2.13 bits per heavy atom. The van der Waals surface area contributed by atoms with Gasteiger partial charge in [-0.15, -0.1) is 5.92 Å². The molecule has 1 aromatic carbocycles. The molecule has 2 heterocycles. The predicted octanol–water partition coefficient (Wildman–Crippen LogP) is 1.05. The summed E-state index contributed by atoms with van der Waals surface area (Å²) in [5, 5.41) is 0. The van der Waals surface area contributed by atoms with Crippen LogP contribution >= 0.6 is 11.8 Å². The van der Waals surface area contributed by atoms with Crippen molar-refractivity contribution in [3.63, 3.8) is 0 Å². The average Bonchev–Trinajstić information content (AvgIpc) is 2.92. The molecule has 0 amide bonds. The van der Waals surface area contributed by atoms with E-state index in [1.165, 1.54) is 30.8 Å². The first kappa shape index (κ1) is 20.7. The van der Waals surface area contributed by atoms with E-state index in [4.69, 9.17) is 9.47 Å². The van der Waals surface area contributed by atoms with Gasteiger partial charge < -0.3 is 14.4 Å². The fourth-order valence-corrected chi connectivity index (χ4v) is 4.11. The molecule has 23 heavy (non-hydrogen) atoms. The Kier molecular flexibility index (Phi) is 9.41. The number of piperidine rings is 1. The molecule has 0 radical (unpaired) electrons. The first-order valence-electron chi connectivity index (χ1n) is 8.26. The van der Waals surface area contributed by atoms with Gasteiger partial charge in [0, 0.05) is 4.90 Å². The van der Waals surface area contributed by atoms with Crippen LogP contribution in [0.1, 0.15) is 26.2 Å². The fourth-order valence-electron chi connectivity index (χ4n) is 2.94. The summed E-state index contributed by atoms with van der Waals surface area (Å²) in [7, 11) is 2.20. The van der Waals surface area contributed by atoms with Crippen LogP contribution in [-0.4, -0.2) is 37.1 Å². The summed E-state index contributed by atoms with van der Waals surface area (Å²) in [5.41, 5.74) is 0.249. The summed E-state index contributed by atoms with van der Waals surface area (Å²) in [6, 6.07) is 8.42. The van der Waals surface area contributed by atoms with Gasteiger partial charge in [-0.05, 0) is 63.5 Å². The standard InChI is InChI=1S/C18H26NO2S.Cs/c1-14-10-18(21-12-14)22-17-5-3-4-16(11-17)20-13-15-6-8-19(2)9-7-15;/h3-5,11-12,14-15,18H,6-10,13H2,1-2H3;/q-1;+1/t14-,18?;/m1./s1. The van der Waals surface area contributed by atoms with E-state index in [0.717, 1.165) is 18.8 Å². The first-order valence-corrected chi connectivity index (χ1v) is 9.14. The Hall–Kier alpha value is 1.34. The first-order chi connectivity index (χ1) is 10.7. The number of rotatable bonds is 5. The molecule has 0 saturated carbocycles. The molecular weight excluding hydrogens is 427 g/mol. The van der Waals surface area contributed by atoms with Crippen molar-refractivity contribution in [1.82, 2.24) is 4.90 Å². The third kappa shape index (κ3) is 6.87. The maximum atomic E-state index is 6.03. The SMILES string of the molecule is C[C@H]1[CH-]OC(Sc2cccc(OCC3CCN(C)CC3)c2)C1.[Cs+]. The third-order valence-electron chi connectivity index (χ3n) is 4.42. The molecule has 3 rings (SSSR count). The Morgan fingerprint density at radius 1 is 1.35 bits per heavy atom. The van der Waals surface area contributed by atoms with Crippen LogP contribution in [0.3, 0.4) is 0 Å². The van der Waals surface area contributed by atoms with E-state index in [-0.39, 0.29) is 74.3 Å². The van der Waals surface area contributed by atoms with Gasteiger partial charge in [-0.3, -0.25) is 0 Å². The van der Waals surface area contributed by atoms with Crippen molar-refractivity contribution in [2.45, 2.75) is 36.5 Å². The molecule has 5 heteroatoms. The molecule has 2 atom stereocenters. The van der Waals surface area contributed by atoms with E-state index in [2.05, 4.69) is 43.1 Å². The summed E-state index contributed by atoms with van der Waals surface area (Å²) in [4.78, 5) is 3.63. The van der Waals surface area contributed by atoms with E-state index in [0.29, 0.717) is 11.8 Å². The molecule has 122 valence electrons. The smallest absolute Gasteiger partial charge is 0.542 e. The molecular formula is C18H26CsNO2S. The van der Waals surface area contributed by atoms with Gasteiger partial charge in [0.15, 0.2) is 0 Å². The number of nitrogens with zero attached hydrogens (tertiary/aromatic N) is 1. The second-order valence-electron chi connectivity index (χ2n) is 6.57. The van der Waals surface area contributed by atoms with Crippen LogP contribution in [0.4, 0.5) is 0 Å². The van der Waals surface area contributed by atoms with E-state index >= 15 is 0 Å². The molecule has 1 aromatic rings. The molecule has 2 fully saturated rings. The molecule has 0 aliphatic carbocycles. The minimum absolute atomic E-state index is 0. The van der Waals surface area contributed by atoms with Crippen molar-refractivity contribution in [1.29, 1.82) is 0 Å². The molecule has 2 saturated heterocycles. The Labute approximate surface area is 203 Å². The van der Waals surface area contributed by atoms with Crippen molar-refractivity contribution >= 4 is 11.8 Å². The van der Waals surface area contributed by atoms with E-state index < -0.39 is 0 Å². The van der Waals surface area contributed by atoms with E-state index in [1.54, 1.807) is 11.8 Å².